The number of hydrogen-bond donors (Lipinski definition) is 0. The predicted octanol–water partition coefficient (Wildman–Crippen LogP) is 2.49. The molecule has 0 spiro atoms. The number of ketones is 1. The fourth-order valence-electron chi connectivity index (χ4n) is 1.40. The summed E-state index contributed by atoms with van der Waals surface area (Å²) in [5.74, 6) is -1.12. The zero-order chi connectivity index (χ0) is 11.4. The molecule has 0 unspecified atom stereocenters. The van der Waals surface area contributed by atoms with E-state index < -0.39 is 5.97 Å². The first kappa shape index (κ1) is 11.4. The SMILES string of the molecule is CCc1cc(C(=O)OF)ccc1C(C)=O. The number of rotatable bonds is 3. The molecule has 0 amide bonds. The van der Waals surface area contributed by atoms with Crippen LogP contribution in [0.1, 0.15) is 40.1 Å². The Hall–Kier alpha value is -1.71. The summed E-state index contributed by atoms with van der Waals surface area (Å²) in [6, 6.07) is 4.35. The third kappa shape index (κ3) is 2.40. The zero-order valence-electron chi connectivity index (χ0n) is 8.54. The maximum Gasteiger partial charge on any atom is 0.379 e. The summed E-state index contributed by atoms with van der Waals surface area (Å²) in [6.07, 6.45) is 0.600. The van der Waals surface area contributed by atoms with Gasteiger partial charge in [0.1, 0.15) is 0 Å². The van der Waals surface area contributed by atoms with E-state index in [9.17, 15) is 14.1 Å². The van der Waals surface area contributed by atoms with E-state index in [1.54, 1.807) is 0 Å². The molecule has 3 nitrogen and oxygen atoms in total. The Kier molecular flexibility index (Phi) is 3.55. The maximum atomic E-state index is 11.7. The van der Waals surface area contributed by atoms with Crippen molar-refractivity contribution in [3.63, 3.8) is 0 Å². The van der Waals surface area contributed by atoms with E-state index in [1.807, 2.05) is 6.92 Å². The van der Waals surface area contributed by atoms with Gasteiger partial charge in [0.2, 0.25) is 0 Å². The number of aryl methyl sites for hydroxylation is 1. The Morgan fingerprint density at radius 3 is 2.53 bits per heavy atom. The summed E-state index contributed by atoms with van der Waals surface area (Å²) >= 11 is 0. The molecule has 15 heavy (non-hydrogen) atoms. The predicted molar refractivity (Wildman–Crippen MR) is 52.3 cm³/mol. The molecule has 1 rings (SSSR count). The second-order valence-corrected chi connectivity index (χ2v) is 3.15. The Morgan fingerprint density at radius 2 is 2.07 bits per heavy atom. The summed E-state index contributed by atoms with van der Waals surface area (Å²) in [5, 5.41) is 0. The van der Waals surface area contributed by atoms with Crippen LogP contribution in [0.25, 0.3) is 0 Å². The zero-order valence-corrected chi connectivity index (χ0v) is 8.54. The summed E-state index contributed by atoms with van der Waals surface area (Å²) in [4.78, 5) is 25.2. The standard InChI is InChI=1S/C11H11FO3/c1-3-8-6-9(11(14)15-12)4-5-10(8)7(2)13/h4-6H,3H2,1-2H3. The van der Waals surface area contributed by atoms with Crippen molar-refractivity contribution in [1.29, 1.82) is 0 Å². The third-order valence-electron chi connectivity index (χ3n) is 2.17. The minimum absolute atomic E-state index is 0.0768. The van der Waals surface area contributed by atoms with Crippen molar-refractivity contribution in [3.05, 3.63) is 34.9 Å². The molecule has 1 aromatic rings. The number of carbonyl (C=O) groups is 2. The summed E-state index contributed by atoms with van der Waals surface area (Å²) in [7, 11) is 0. The van der Waals surface area contributed by atoms with Gasteiger partial charge in [0.05, 0.1) is 5.56 Å². The van der Waals surface area contributed by atoms with Gasteiger partial charge >= 0.3 is 5.97 Å². The van der Waals surface area contributed by atoms with E-state index >= 15 is 0 Å². The minimum atomic E-state index is -1.04. The molecular formula is C11H11FO3. The van der Waals surface area contributed by atoms with Gasteiger partial charge < -0.3 is 0 Å². The molecule has 0 radical (unpaired) electrons. The molecule has 0 aromatic heterocycles. The highest BCUT2D eigenvalue weighted by atomic mass is 19.3. The molecular weight excluding hydrogens is 199 g/mol. The summed E-state index contributed by atoms with van der Waals surface area (Å²) < 4.78 is 11.7. The van der Waals surface area contributed by atoms with E-state index in [-0.39, 0.29) is 11.3 Å². The van der Waals surface area contributed by atoms with Gasteiger partial charge in [-0.2, -0.15) is 0 Å². The van der Waals surface area contributed by atoms with Gasteiger partial charge in [0.25, 0.3) is 0 Å². The number of hydrogen-bond acceptors (Lipinski definition) is 3. The van der Waals surface area contributed by atoms with Crippen LogP contribution in [0.4, 0.5) is 4.53 Å². The van der Waals surface area contributed by atoms with Crippen molar-refractivity contribution in [2.24, 2.45) is 0 Å². The third-order valence-corrected chi connectivity index (χ3v) is 2.17. The monoisotopic (exact) mass is 210 g/mol. The van der Waals surface area contributed by atoms with Crippen molar-refractivity contribution in [2.45, 2.75) is 20.3 Å². The molecule has 0 N–H and O–H groups in total. The highest BCUT2D eigenvalue weighted by Gasteiger charge is 2.12. The van der Waals surface area contributed by atoms with Crippen LogP contribution in [0.15, 0.2) is 18.2 Å². The quantitative estimate of drug-likeness (QED) is 0.720. The average Bonchev–Trinajstić information content (AvgIpc) is 2.26. The molecule has 0 aliphatic rings. The molecule has 0 aliphatic carbocycles. The average molecular weight is 210 g/mol. The molecule has 0 saturated carbocycles. The first-order valence-electron chi connectivity index (χ1n) is 4.57. The van der Waals surface area contributed by atoms with Gasteiger partial charge in [-0.05, 0) is 31.0 Å². The lowest BCUT2D eigenvalue weighted by atomic mass is 9.99. The smallest absolute Gasteiger partial charge is 0.295 e. The van der Waals surface area contributed by atoms with Crippen LogP contribution in [0, 0.1) is 0 Å². The van der Waals surface area contributed by atoms with Gasteiger partial charge in [0, 0.05) is 10.1 Å². The highest BCUT2D eigenvalue weighted by Crippen LogP contribution is 2.14. The van der Waals surface area contributed by atoms with Crippen molar-refractivity contribution in [1.82, 2.24) is 0 Å². The van der Waals surface area contributed by atoms with Crippen LogP contribution < -0.4 is 0 Å². The Labute approximate surface area is 86.8 Å². The highest BCUT2D eigenvalue weighted by molar-refractivity contribution is 5.97. The fraction of sp³-hybridized carbons (Fsp3) is 0.273. The molecule has 1 aromatic carbocycles. The van der Waals surface area contributed by atoms with Crippen molar-refractivity contribution in [3.8, 4) is 0 Å². The van der Waals surface area contributed by atoms with Crippen molar-refractivity contribution in [2.75, 3.05) is 0 Å². The normalized spacial score (nSPS) is 9.80. The molecule has 0 bridgehead atoms. The number of benzene rings is 1. The van der Waals surface area contributed by atoms with E-state index in [0.717, 1.165) is 0 Å². The largest absolute Gasteiger partial charge is 0.379 e. The van der Waals surface area contributed by atoms with E-state index in [0.29, 0.717) is 17.5 Å². The van der Waals surface area contributed by atoms with Crippen LogP contribution in [0.2, 0.25) is 0 Å². The van der Waals surface area contributed by atoms with Crippen LogP contribution in [0.3, 0.4) is 0 Å². The molecule has 0 fully saturated rings. The van der Waals surface area contributed by atoms with Crippen molar-refractivity contribution < 1.29 is 19.1 Å². The molecule has 0 heterocycles. The van der Waals surface area contributed by atoms with E-state index in [1.165, 1.54) is 25.1 Å². The van der Waals surface area contributed by atoms with Gasteiger partial charge in [0.15, 0.2) is 5.78 Å². The summed E-state index contributed by atoms with van der Waals surface area (Å²) in [5.41, 5.74) is 1.37. The number of carbonyl (C=O) groups excluding carboxylic acids is 2. The Bertz CT molecular complexity index is 399. The fourth-order valence-corrected chi connectivity index (χ4v) is 1.40. The van der Waals surface area contributed by atoms with Gasteiger partial charge in [-0.1, -0.05) is 13.0 Å². The second-order valence-electron chi connectivity index (χ2n) is 3.15. The lowest BCUT2D eigenvalue weighted by Gasteiger charge is -2.05. The lowest BCUT2D eigenvalue weighted by molar-refractivity contribution is -0.0788. The van der Waals surface area contributed by atoms with Crippen LogP contribution in [-0.2, 0) is 11.4 Å². The van der Waals surface area contributed by atoms with E-state index in [4.69, 9.17) is 0 Å². The van der Waals surface area contributed by atoms with Crippen LogP contribution >= 0.6 is 0 Å². The molecule has 4 heteroatoms. The molecule has 80 valence electrons. The lowest BCUT2D eigenvalue weighted by Crippen LogP contribution is -2.04. The Morgan fingerprint density at radius 1 is 1.40 bits per heavy atom. The number of Topliss-reactive ketones (excluding diaryl/α,β-unsaturated/α-hetero) is 1. The second kappa shape index (κ2) is 4.68. The van der Waals surface area contributed by atoms with Gasteiger partial charge in [-0.25, -0.2) is 9.74 Å². The first-order valence-corrected chi connectivity index (χ1v) is 4.57. The molecule has 0 saturated heterocycles. The minimum Gasteiger partial charge on any atom is -0.295 e. The van der Waals surface area contributed by atoms with Crippen LogP contribution in [0.5, 0.6) is 0 Å². The molecule has 0 atom stereocenters. The number of halogens is 1. The maximum absolute atomic E-state index is 11.7. The van der Waals surface area contributed by atoms with Gasteiger partial charge in [-0.15, -0.1) is 0 Å². The summed E-state index contributed by atoms with van der Waals surface area (Å²) in [6.45, 7) is 3.30. The van der Waals surface area contributed by atoms with Crippen molar-refractivity contribution >= 4 is 11.8 Å². The van der Waals surface area contributed by atoms with Gasteiger partial charge in [-0.3, -0.25) is 4.79 Å². The topological polar surface area (TPSA) is 43.4 Å². The van der Waals surface area contributed by atoms with E-state index in [2.05, 4.69) is 4.94 Å². The first-order chi connectivity index (χ1) is 7.10. The Balaban J connectivity index is 3.19. The van der Waals surface area contributed by atoms with Crippen LogP contribution in [-0.4, -0.2) is 11.8 Å². The molecule has 0 aliphatic heterocycles.